The Bertz CT molecular complexity index is 153. The van der Waals surface area contributed by atoms with E-state index in [1.54, 1.807) is 27.7 Å². The van der Waals surface area contributed by atoms with E-state index in [1.165, 1.54) is 7.11 Å². The summed E-state index contributed by atoms with van der Waals surface area (Å²) in [6, 6.07) is 0. The Balaban J connectivity index is 4.74. The summed E-state index contributed by atoms with van der Waals surface area (Å²) in [5.41, 5.74) is -1.35. The highest BCUT2D eigenvalue weighted by atomic mass is 16.5. The highest BCUT2D eigenvalue weighted by Gasteiger charge is 2.43. The van der Waals surface area contributed by atoms with Crippen LogP contribution >= 0.6 is 0 Å². The molecule has 0 unspecified atom stereocenters. The van der Waals surface area contributed by atoms with Gasteiger partial charge in [0.2, 0.25) is 0 Å². The SMILES string of the molecule is COC(=O)C(O)(C(C)C)C(C)C. The third-order valence-corrected chi connectivity index (χ3v) is 2.27. The van der Waals surface area contributed by atoms with Crippen molar-refractivity contribution in [2.75, 3.05) is 7.11 Å². The average Bonchev–Trinajstić information content (AvgIpc) is 2.00. The number of aliphatic hydroxyl groups is 1. The molecule has 0 radical (unpaired) electrons. The second-order valence-electron chi connectivity index (χ2n) is 3.63. The largest absolute Gasteiger partial charge is 0.467 e. The molecule has 0 fully saturated rings. The summed E-state index contributed by atoms with van der Waals surface area (Å²) in [5.74, 6) is -0.817. The van der Waals surface area contributed by atoms with Crippen LogP contribution in [0.1, 0.15) is 27.7 Å². The van der Waals surface area contributed by atoms with Gasteiger partial charge in [0.1, 0.15) is 0 Å². The number of hydrogen-bond acceptors (Lipinski definition) is 3. The van der Waals surface area contributed by atoms with E-state index in [2.05, 4.69) is 4.74 Å². The Labute approximate surface area is 73.7 Å². The smallest absolute Gasteiger partial charge is 0.338 e. The van der Waals surface area contributed by atoms with Gasteiger partial charge in [0.15, 0.2) is 5.60 Å². The standard InChI is InChI=1S/C9H18O3/c1-6(2)9(11,7(3)4)8(10)12-5/h6-7,11H,1-5H3. The van der Waals surface area contributed by atoms with E-state index < -0.39 is 11.6 Å². The number of ether oxygens (including phenoxy) is 1. The molecule has 0 saturated carbocycles. The fourth-order valence-electron chi connectivity index (χ4n) is 1.30. The number of carbonyl (C=O) groups is 1. The lowest BCUT2D eigenvalue weighted by atomic mass is 9.80. The van der Waals surface area contributed by atoms with Crippen LogP contribution < -0.4 is 0 Å². The number of hydrogen-bond donors (Lipinski definition) is 1. The lowest BCUT2D eigenvalue weighted by Crippen LogP contribution is -2.49. The molecule has 0 aliphatic carbocycles. The average molecular weight is 174 g/mol. The zero-order chi connectivity index (χ0) is 9.94. The Morgan fingerprint density at radius 3 is 1.67 bits per heavy atom. The molecule has 3 nitrogen and oxygen atoms in total. The minimum atomic E-state index is -1.35. The van der Waals surface area contributed by atoms with Crippen LogP contribution in [-0.2, 0) is 9.53 Å². The molecular weight excluding hydrogens is 156 g/mol. The van der Waals surface area contributed by atoms with Crippen molar-refractivity contribution >= 4 is 5.97 Å². The Kier molecular flexibility index (Phi) is 3.71. The number of carbonyl (C=O) groups excluding carboxylic acids is 1. The molecule has 0 bridgehead atoms. The van der Waals surface area contributed by atoms with Crippen LogP contribution in [0.5, 0.6) is 0 Å². The van der Waals surface area contributed by atoms with Crippen molar-refractivity contribution in [3.05, 3.63) is 0 Å². The Morgan fingerprint density at radius 1 is 1.25 bits per heavy atom. The highest BCUT2D eigenvalue weighted by Crippen LogP contribution is 2.27. The molecule has 3 heteroatoms. The summed E-state index contributed by atoms with van der Waals surface area (Å²) in [6.45, 7) is 7.21. The van der Waals surface area contributed by atoms with Crippen molar-refractivity contribution in [3.8, 4) is 0 Å². The van der Waals surface area contributed by atoms with Gasteiger partial charge in [-0.3, -0.25) is 0 Å². The summed E-state index contributed by atoms with van der Waals surface area (Å²) < 4.78 is 4.55. The van der Waals surface area contributed by atoms with Gasteiger partial charge in [-0.15, -0.1) is 0 Å². The molecule has 72 valence electrons. The number of methoxy groups -OCH3 is 1. The second-order valence-corrected chi connectivity index (χ2v) is 3.63. The van der Waals surface area contributed by atoms with Crippen molar-refractivity contribution in [2.24, 2.45) is 11.8 Å². The van der Waals surface area contributed by atoms with Crippen molar-refractivity contribution in [1.29, 1.82) is 0 Å². The van der Waals surface area contributed by atoms with Gasteiger partial charge in [0.05, 0.1) is 7.11 Å². The fourth-order valence-corrected chi connectivity index (χ4v) is 1.30. The van der Waals surface area contributed by atoms with E-state index in [-0.39, 0.29) is 11.8 Å². The lowest BCUT2D eigenvalue weighted by molar-refractivity contribution is -0.173. The van der Waals surface area contributed by atoms with Gasteiger partial charge in [-0.1, -0.05) is 27.7 Å². The Hall–Kier alpha value is -0.570. The minimum Gasteiger partial charge on any atom is -0.467 e. The molecule has 0 aromatic carbocycles. The quantitative estimate of drug-likeness (QED) is 0.654. The molecule has 0 amide bonds. The van der Waals surface area contributed by atoms with Crippen LogP contribution in [0.3, 0.4) is 0 Å². The van der Waals surface area contributed by atoms with E-state index >= 15 is 0 Å². The second kappa shape index (κ2) is 3.90. The molecular formula is C9H18O3. The van der Waals surface area contributed by atoms with E-state index in [1.807, 2.05) is 0 Å². The zero-order valence-electron chi connectivity index (χ0n) is 8.42. The van der Waals surface area contributed by atoms with Gasteiger partial charge in [-0.05, 0) is 11.8 Å². The molecule has 1 N–H and O–H groups in total. The van der Waals surface area contributed by atoms with Gasteiger partial charge in [-0.2, -0.15) is 0 Å². The van der Waals surface area contributed by atoms with Gasteiger partial charge < -0.3 is 9.84 Å². The molecule has 0 aliphatic heterocycles. The predicted molar refractivity (Wildman–Crippen MR) is 46.6 cm³/mol. The monoisotopic (exact) mass is 174 g/mol. The third-order valence-electron chi connectivity index (χ3n) is 2.27. The fraction of sp³-hybridized carbons (Fsp3) is 0.889. The first-order valence-electron chi connectivity index (χ1n) is 4.18. The van der Waals surface area contributed by atoms with Crippen LogP contribution in [0.25, 0.3) is 0 Å². The molecule has 0 atom stereocenters. The van der Waals surface area contributed by atoms with E-state index in [0.29, 0.717) is 0 Å². The maximum atomic E-state index is 11.2. The van der Waals surface area contributed by atoms with Crippen molar-refractivity contribution in [3.63, 3.8) is 0 Å². The molecule has 0 heterocycles. The first-order chi connectivity index (χ1) is 5.37. The maximum Gasteiger partial charge on any atom is 0.338 e. The predicted octanol–water partition coefficient (Wildman–Crippen LogP) is 1.20. The summed E-state index contributed by atoms with van der Waals surface area (Å²) in [7, 11) is 1.29. The van der Waals surface area contributed by atoms with Gasteiger partial charge in [0, 0.05) is 0 Å². The van der Waals surface area contributed by atoms with Crippen molar-refractivity contribution < 1.29 is 14.6 Å². The summed E-state index contributed by atoms with van der Waals surface area (Å²) in [4.78, 5) is 11.2. The molecule has 0 aliphatic rings. The van der Waals surface area contributed by atoms with Crippen LogP contribution in [0.2, 0.25) is 0 Å². The number of rotatable bonds is 3. The Morgan fingerprint density at radius 2 is 1.58 bits per heavy atom. The molecule has 0 aromatic rings. The lowest BCUT2D eigenvalue weighted by Gasteiger charge is -2.32. The minimum absolute atomic E-state index is 0.134. The van der Waals surface area contributed by atoms with Crippen LogP contribution in [0.15, 0.2) is 0 Å². The van der Waals surface area contributed by atoms with E-state index in [9.17, 15) is 9.90 Å². The number of esters is 1. The zero-order valence-corrected chi connectivity index (χ0v) is 8.42. The first kappa shape index (κ1) is 11.4. The topological polar surface area (TPSA) is 46.5 Å². The third kappa shape index (κ3) is 1.78. The van der Waals surface area contributed by atoms with Gasteiger partial charge in [-0.25, -0.2) is 4.79 Å². The van der Waals surface area contributed by atoms with Gasteiger partial charge >= 0.3 is 5.97 Å². The van der Waals surface area contributed by atoms with E-state index in [0.717, 1.165) is 0 Å². The molecule has 0 aromatic heterocycles. The summed E-state index contributed by atoms with van der Waals surface area (Å²) >= 11 is 0. The van der Waals surface area contributed by atoms with Crippen LogP contribution in [-0.4, -0.2) is 23.8 Å². The first-order valence-corrected chi connectivity index (χ1v) is 4.18. The molecule has 0 saturated heterocycles. The highest BCUT2D eigenvalue weighted by molar-refractivity contribution is 5.79. The summed E-state index contributed by atoms with van der Waals surface area (Å²) in [6.07, 6.45) is 0. The van der Waals surface area contributed by atoms with Crippen molar-refractivity contribution in [2.45, 2.75) is 33.3 Å². The molecule has 12 heavy (non-hydrogen) atoms. The molecule has 0 spiro atoms. The van der Waals surface area contributed by atoms with Crippen LogP contribution in [0, 0.1) is 11.8 Å². The maximum absolute atomic E-state index is 11.2. The van der Waals surface area contributed by atoms with Crippen LogP contribution in [0.4, 0.5) is 0 Å². The summed E-state index contributed by atoms with van der Waals surface area (Å²) in [5, 5.41) is 9.96. The van der Waals surface area contributed by atoms with E-state index in [4.69, 9.17) is 0 Å². The van der Waals surface area contributed by atoms with Gasteiger partial charge in [0.25, 0.3) is 0 Å². The molecule has 0 rings (SSSR count). The normalized spacial score (nSPS) is 12.3. The van der Waals surface area contributed by atoms with Crippen molar-refractivity contribution in [1.82, 2.24) is 0 Å².